The van der Waals surface area contributed by atoms with Crippen molar-refractivity contribution in [2.75, 3.05) is 7.05 Å². The highest BCUT2D eigenvalue weighted by atomic mass is 16.2. The van der Waals surface area contributed by atoms with Gasteiger partial charge in [-0.2, -0.15) is 5.10 Å². The van der Waals surface area contributed by atoms with Gasteiger partial charge in [-0.1, -0.05) is 48.5 Å². The van der Waals surface area contributed by atoms with Crippen molar-refractivity contribution < 1.29 is 4.79 Å². The Kier molecular flexibility index (Phi) is 4.19. The Morgan fingerprint density at radius 2 is 1.81 bits per heavy atom. The SMILES string of the molecule is CN(Cc1ccnc2ccccc12)C(=O)c1cc(-c2ccccc2)n[nH]1. The average molecular weight is 342 g/mol. The van der Waals surface area contributed by atoms with Crippen LogP contribution in [0.3, 0.4) is 0 Å². The Labute approximate surface area is 151 Å². The Morgan fingerprint density at radius 1 is 1.04 bits per heavy atom. The van der Waals surface area contributed by atoms with E-state index in [0.29, 0.717) is 12.2 Å². The van der Waals surface area contributed by atoms with Gasteiger partial charge in [0.05, 0.1) is 11.2 Å². The summed E-state index contributed by atoms with van der Waals surface area (Å²) >= 11 is 0. The first kappa shape index (κ1) is 16.0. The van der Waals surface area contributed by atoms with Crippen LogP contribution in [0.1, 0.15) is 16.1 Å². The van der Waals surface area contributed by atoms with Crippen LogP contribution in [0.4, 0.5) is 0 Å². The lowest BCUT2D eigenvalue weighted by atomic mass is 10.1. The van der Waals surface area contributed by atoms with Crippen LogP contribution >= 0.6 is 0 Å². The minimum Gasteiger partial charge on any atom is -0.336 e. The van der Waals surface area contributed by atoms with Gasteiger partial charge in [0.2, 0.25) is 0 Å². The number of rotatable bonds is 4. The second-order valence-corrected chi connectivity index (χ2v) is 6.18. The predicted molar refractivity (Wildman–Crippen MR) is 102 cm³/mol. The highest BCUT2D eigenvalue weighted by molar-refractivity contribution is 5.93. The fraction of sp³-hybridized carbons (Fsp3) is 0.0952. The molecular formula is C21H18N4O. The van der Waals surface area contributed by atoms with E-state index in [1.807, 2.05) is 60.7 Å². The first-order valence-electron chi connectivity index (χ1n) is 8.41. The van der Waals surface area contributed by atoms with Crippen LogP contribution in [0, 0.1) is 0 Å². The fourth-order valence-corrected chi connectivity index (χ4v) is 3.01. The standard InChI is InChI=1S/C21H18N4O/c1-25(14-16-11-12-22-18-10-6-5-9-17(16)18)21(26)20-13-19(23-24-20)15-7-3-2-4-8-15/h2-13H,14H2,1H3,(H,23,24). The van der Waals surface area contributed by atoms with E-state index < -0.39 is 0 Å². The zero-order valence-corrected chi connectivity index (χ0v) is 14.4. The molecule has 4 aromatic rings. The van der Waals surface area contributed by atoms with Gasteiger partial charge in [-0.3, -0.25) is 14.9 Å². The van der Waals surface area contributed by atoms with Gasteiger partial charge in [-0.05, 0) is 23.8 Å². The number of pyridine rings is 1. The minimum absolute atomic E-state index is 0.0967. The van der Waals surface area contributed by atoms with Gasteiger partial charge in [-0.15, -0.1) is 0 Å². The Hall–Kier alpha value is -3.47. The monoisotopic (exact) mass is 342 g/mol. The summed E-state index contributed by atoms with van der Waals surface area (Å²) in [5.74, 6) is -0.0967. The lowest BCUT2D eigenvalue weighted by molar-refractivity contribution is 0.0780. The summed E-state index contributed by atoms with van der Waals surface area (Å²) in [7, 11) is 1.79. The number of H-pyrrole nitrogens is 1. The van der Waals surface area contributed by atoms with Gasteiger partial charge in [0, 0.05) is 30.7 Å². The van der Waals surface area contributed by atoms with E-state index in [-0.39, 0.29) is 5.91 Å². The zero-order valence-electron chi connectivity index (χ0n) is 14.4. The summed E-state index contributed by atoms with van der Waals surface area (Å²) in [6.45, 7) is 0.502. The van der Waals surface area contributed by atoms with Gasteiger partial charge < -0.3 is 4.90 Å². The maximum atomic E-state index is 12.8. The normalized spacial score (nSPS) is 10.8. The molecule has 2 heterocycles. The molecule has 5 nitrogen and oxygen atoms in total. The van der Waals surface area contributed by atoms with Crippen LogP contribution in [-0.4, -0.2) is 33.0 Å². The third kappa shape index (κ3) is 3.07. The Morgan fingerprint density at radius 3 is 2.65 bits per heavy atom. The van der Waals surface area contributed by atoms with Crippen LogP contribution in [0.25, 0.3) is 22.2 Å². The third-order valence-electron chi connectivity index (χ3n) is 4.37. The quantitative estimate of drug-likeness (QED) is 0.612. The molecule has 0 unspecified atom stereocenters. The molecule has 0 fully saturated rings. The van der Waals surface area contributed by atoms with E-state index in [0.717, 1.165) is 27.7 Å². The van der Waals surface area contributed by atoms with Crippen molar-refractivity contribution in [3.63, 3.8) is 0 Å². The molecule has 0 aliphatic carbocycles. The van der Waals surface area contributed by atoms with Crippen LogP contribution < -0.4 is 0 Å². The molecule has 0 saturated heterocycles. The number of aromatic nitrogens is 3. The summed E-state index contributed by atoms with van der Waals surface area (Å²) in [6.07, 6.45) is 1.78. The molecule has 2 aromatic carbocycles. The first-order chi connectivity index (χ1) is 12.7. The molecule has 5 heteroatoms. The van der Waals surface area contributed by atoms with Crippen LogP contribution in [0.15, 0.2) is 72.9 Å². The number of para-hydroxylation sites is 1. The number of fused-ring (bicyclic) bond motifs is 1. The molecule has 0 spiro atoms. The van der Waals surface area contributed by atoms with Crippen molar-refractivity contribution in [3.8, 4) is 11.3 Å². The van der Waals surface area contributed by atoms with Crippen molar-refractivity contribution in [2.45, 2.75) is 6.54 Å². The first-order valence-corrected chi connectivity index (χ1v) is 8.41. The maximum absolute atomic E-state index is 12.8. The number of carbonyl (C=O) groups is 1. The molecule has 26 heavy (non-hydrogen) atoms. The average Bonchev–Trinajstić information content (AvgIpc) is 3.18. The summed E-state index contributed by atoms with van der Waals surface area (Å²) in [5.41, 5.74) is 4.21. The second-order valence-electron chi connectivity index (χ2n) is 6.18. The minimum atomic E-state index is -0.0967. The van der Waals surface area contributed by atoms with Crippen LogP contribution in [0.5, 0.6) is 0 Å². The Balaban J connectivity index is 1.56. The molecule has 1 N–H and O–H groups in total. The van der Waals surface area contributed by atoms with Crippen molar-refractivity contribution in [2.24, 2.45) is 0 Å². The third-order valence-corrected chi connectivity index (χ3v) is 4.37. The van der Waals surface area contributed by atoms with E-state index in [4.69, 9.17) is 0 Å². The lowest BCUT2D eigenvalue weighted by Crippen LogP contribution is -2.26. The van der Waals surface area contributed by atoms with Gasteiger partial charge in [-0.25, -0.2) is 0 Å². The Bertz CT molecular complexity index is 1050. The van der Waals surface area contributed by atoms with E-state index in [9.17, 15) is 4.79 Å². The van der Waals surface area contributed by atoms with E-state index in [1.165, 1.54) is 0 Å². The molecule has 0 atom stereocenters. The van der Waals surface area contributed by atoms with Gasteiger partial charge >= 0.3 is 0 Å². The fourth-order valence-electron chi connectivity index (χ4n) is 3.01. The summed E-state index contributed by atoms with van der Waals surface area (Å²) in [6, 6.07) is 21.5. The molecule has 4 rings (SSSR count). The number of nitrogens with one attached hydrogen (secondary N) is 1. The van der Waals surface area contributed by atoms with Crippen molar-refractivity contribution in [1.82, 2.24) is 20.1 Å². The number of carbonyl (C=O) groups excluding carboxylic acids is 1. The number of amides is 1. The molecule has 0 saturated carbocycles. The molecular weight excluding hydrogens is 324 g/mol. The second kappa shape index (κ2) is 6.80. The van der Waals surface area contributed by atoms with Crippen LogP contribution in [-0.2, 0) is 6.54 Å². The summed E-state index contributed by atoms with van der Waals surface area (Å²) in [5, 5.41) is 8.18. The largest absolute Gasteiger partial charge is 0.336 e. The van der Waals surface area contributed by atoms with Gasteiger partial charge in [0.25, 0.3) is 5.91 Å². The van der Waals surface area contributed by atoms with E-state index in [2.05, 4.69) is 15.2 Å². The number of benzene rings is 2. The van der Waals surface area contributed by atoms with Crippen LogP contribution in [0.2, 0.25) is 0 Å². The summed E-state index contributed by atoms with van der Waals surface area (Å²) < 4.78 is 0. The molecule has 0 bridgehead atoms. The van der Waals surface area contributed by atoms with Crippen molar-refractivity contribution >= 4 is 16.8 Å². The topological polar surface area (TPSA) is 61.9 Å². The number of hydrogen-bond acceptors (Lipinski definition) is 3. The predicted octanol–water partition coefficient (Wildman–Crippen LogP) is 3.90. The highest BCUT2D eigenvalue weighted by Gasteiger charge is 2.16. The lowest BCUT2D eigenvalue weighted by Gasteiger charge is -2.17. The summed E-state index contributed by atoms with van der Waals surface area (Å²) in [4.78, 5) is 18.8. The smallest absolute Gasteiger partial charge is 0.271 e. The number of nitrogens with zero attached hydrogens (tertiary/aromatic N) is 3. The molecule has 1 amide bonds. The van der Waals surface area contributed by atoms with Gasteiger partial charge in [0.1, 0.15) is 5.69 Å². The maximum Gasteiger partial charge on any atom is 0.271 e. The molecule has 0 aliphatic heterocycles. The van der Waals surface area contributed by atoms with E-state index in [1.54, 1.807) is 24.2 Å². The molecule has 2 aromatic heterocycles. The van der Waals surface area contributed by atoms with Crippen molar-refractivity contribution in [1.29, 1.82) is 0 Å². The number of aromatic amines is 1. The number of hydrogen-bond donors (Lipinski definition) is 1. The zero-order chi connectivity index (χ0) is 17.9. The molecule has 0 radical (unpaired) electrons. The van der Waals surface area contributed by atoms with Gasteiger partial charge in [0.15, 0.2) is 0 Å². The molecule has 128 valence electrons. The molecule has 0 aliphatic rings. The van der Waals surface area contributed by atoms with E-state index >= 15 is 0 Å². The highest BCUT2D eigenvalue weighted by Crippen LogP contribution is 2.20. The van der Waals surface area contributed by atoms with Crippen molar-refractivity contribution in [3.05, 3.63) is 84.2 Å².